The second-order valence-electron chi connectivity index (χ2n) is 4.94. The van der Waals surface area contributed by atoms with Gasteiger partial charge >= 0.3 is 0 Å². The van der Waals surface area contributed by atoms with Crippen molar-refractivity contribution in [1.82, 2.24) is 0 Å². The topological polar surface area (TPSA) is 18.5 Å². The van der Waals surface area contributed by atoms with Gasteiger partial charge in [0.1, 0.15) is 11.5 Å². The van der Waals surface area contributed by atoms with Gasteiger partial charge in [-0.2, -0.15) is 0 Å². The van der Waals surface area contributed by atoms with Gasteiger partial charge in [0.15, 0.2) is 0 Å². The van der Waals surface area contributed by atoms with Crippen LogP contribution in [0.15, 0.2) is 24.8 Å². The number of rotatable bonds is 9. The highest BCUT2D eigenvalue weighted by Crippen LogP contribution is 2.37. The Balaban J connectivity index is 3.06. The fraction of sp³-hybridized carbons (Fsp3) is 0.529. The van der Waals surface area contributed by atoms with Crippen LogP contribution < -0.4 is 9.47 Å². The molecule has 0 saturated carbocycles. The van der Waals surface area contributed by atoms with E-state index in [1.165, 1.54) is 0 Å². The van der Waals surface area contributed by atoms with E-state index < -0.39 is 0 Å². The number of hydrogen-bond donors (Lipinski definition) is 0. The first-order valence-corrected chi connectivity index (χ1v) is 7.71. The molecule has 0 amide bonds. The molecule has 0 radical (unpaired) electrons. The lowest BCUT2D eigenvalue weighted by Gasteiger charge is -2.18. The van der Waals surface area contributed by atoms with E-state index >= 15 is 0 Å². The van der Waals surface area contributed by atoms with Crippen LogP contribution in [0.25, 0.3) is 0 Å². The number of allylic oxidation sites excluding steroid dienone is 1. The van der Waals surface area contributed by atoms with E-state index in [2.05, 4.69) is 27.4 Å². The molecule has 0 N–H and O–H groups in total. The van der Waals surface area contributed by atoms with E-state index in [0.717, 1.165) is 30.6 Å². The summed E-state index contributed by atoms with van der Waals surface area (Å²) in [6, 6.07) is 3.88. The van der Waals surface area contributed by atoms with Crippen LogP contribution in [0.4, 0.5) is 0 Å². The molecule has 0 bridgehead atoms. The van der Waals surface area contributed by atoms with Gasteiger partial charge in [0.25, 0.3) is 0 Å². The van der Waals surface area contributed by atoms with Crippen molar-refractivity contribution < 1.29 is 9.47 Å². The predicted molar refractivity (Wildman–Crippen MR) is 86.3 cm³/mol. The molecule has 0 aliphatic carbocycles. The lowest BCUT2D eigenvalue weighted by molar-refractivity contribution is 0.298. The molecule has 1 aromatic carbocycles. The molecule has 1 rings (SSSR count). The molecule has 0 fully saturated rings. The van der Waals surface area contributed by atoms with E-state index in [9.17, 15) is 0 Å². The van der Waals surface area contributed by atoms with Gasteiger partial charge in [-0.15, -0.1) is 6.58 Å². The summed E-state index contributed by atoms with van der Waals surface area (Å²) in [5.74, 6) is 1.91. The lowest BCUT2D eigenvalue weighted by Crippen LogP contribution is -2.04. The quantitative estimate of drug-likeness (QED) is 0.552. The van der Waals surface area contributed by atoms with Crippen molar-refractivity contribution >= 4 is 11.6 Å². The summed E-state index contributed by atoms with van der Waals surface area (Å²) in [5, 5.41) is 0.646. The third kappa shape index (κ3) is 4.75. The Labute approximate surface area is 127 Å². The summed E-state index contributed by atoms with van der Waals surface area (Å²) in [6.45, 7) is 11.5. The van der Waals surface area contributed by atoms with Gasteiger partial charge in [-0.1, -0.05) is 38.4 Å². The van der Waals surface area contributed by atoms with Crippen LogP contribution in [0, 0.1) is 0 Å². The van der Waals surface area contributed by atoms with Crippen molar-refractivity contribution in [1.29, 1.82) is 0 Å². The number of hydrogen-bond acceptors (Lipinski definition) is 2. The summed E-state index contributed by atoms with van der Waals surface area (Å²) in [4.78, 5) is 0. The molecule has 0 aliphatic rings. The summed E-state index contributed by atoms with van der Waals surface area (Å²) in [6.07, 6.45) is 4.75. The average molecular weight is 297 g/mol. The zero-order valence-corrected chi connectivity index (χ0v) is 13.5. The van der Waals surface area contributed by atoms with Crippen molar-refractivity contribution in [3.63, 3.8) is 0 Å². The van der Waals surface area contributed by atoms with Crippen LogP contribution in [0.5, 0.6) is 11.5 Å². The summed E-state index contributed by atoms with van der Waals surface area (Å²) < 4.78 is 11.5. The molecule has 0 heterocycles. The van der Waals surface area contributed by atoms with Gasteiger partial charge in [0.2, 0.25) is 0 Å². The minimum absolute atomic E-state index is 0.331. The maximum atomic E-state index is 6.31. The van der Waals surface area contributed by atoms with Crippen LogP contribution >= 0.6 is 11.6 Å². The van der Waals surface area contributed by atoms with Crippen molar-refractivity contribution in [3.05, 3.63) is 35.4 Å². The molecule has 112 valence electrons. The zero-order chi connectivity index (χ0) is 15.0. The standard InChI is InChI=1S/C17H25ClO2/c1-5-8-13(4)14-11-15(18)17(20-10-7-3)12-16(14)19-9-6-2/h5,11-13H,1,6-10H2,2-4H3. The fourth-order valence-corrected chi connectivity index (χ4v) is 2.20. The van der Waals surface area contributed by atoms with Crippen molar-refractivity contribution in [2.24, 2.45) is 0 Å². The summed E-state index contributed by atoms with van der Waals surface area (Å²) in [7, 11) is 0. The predicted octanol–water partition coefficient (Wildman–Crippen LogP) is 5.60. The van der Waals surface area contributed by atoms with Crippen LogP contribution in [0.2, 0.25) is 5.02 Å². The Morgan fingerprint density at radius 1 is 1.15 bits per heavy atom. The first-order chi connectivity index (χ1) is 9.63. The van der Waals surface area contributed by atoms with Crippen LogP contribution in [-0.2, 0) is 0 Å². The van der Waals surface area contributed by atoms with Gasteiger partial charge in [-0.3, -0.25) is 0 Å². The minimum atomic E-state index is 0.331. The van der Waals surface area contributed by atoms with Crippen LogP contribution in [0.3, 0.4) is 0 Å². The molecular formula is C17H25ClO2. The molecule has 1 atom stereocenters. The molecule has 1 aromatic rings. The molecule has 20 heavy (non-hydrogen) atoms. The maximum absolute atomic E-state index is 6.31. The van der Waals surface area contributed by atoms with Crippen molar-refractivity contribution in [2.45, 2.75) is 46.0 Å². The Kier molecular flexibility index (Phi) is 7.53. The van der Waals surface area contributed by atoms with E-state index in [1.807, 2.05) is 18.2 Å². The van der Waals surface area contributed by atoms with Gasteiger partial charge in [0, 0.05) is 6.07 Å². The Morgan fingerprint density at radius 2 is 1.75 bits per heavy atom. The van der Waals surface area contributed by atoms with Crippen LogP contribution in [-0.4, -0.2) is 13.2 Å². The first kappa shape index (κ1) is 16.9. The Bertz CT molecular complexity index is 429. The molecule has 0 saturated heterocycles. The second-order valence-corrected chi connectivity index (χ2v) is 5.35. The van der Waals surface area contributed by atoms with E-state index in [0.29, 0.717) is 29.9 Å². The minimum Gasteiger partial charge on any atom is -0.493 e. The molecule has 3 heteroatoms. The lowest BCUT2D eigenvalue weighted by atomic mass is 9.96. The number of halogens is 1. The van der Waals surface area contributed by atoms with Crippen LogP contribution in [0.1, 0.15) is 51.5 Å². The van der Waals surface area contributed by atoms with E-state index in [1.54, 1.807) is 0 Å². The molecule has 0 spiro atoms. The molecule has 1 unspecified atom stereocenters. The fourth-order valence-electron chi connectivity index (χ4n) is 1.97. The smallest absolute Gasteiger partial charge is 0.141 e. The zero-order valence-electron chi connectivity index (χ0n) is 12.7. The highest BCUT2D eigenvalue weighted by Gasteiger charge is 2.15. The largest absolute Gasteiger partial charge is 0.493 e. The third-order valence-corrected chi connectivity index (χ3v) is 3.33. The van der Waals surface area contributed by atoms with Gasteiger partial charge < -0.3 is 9.47 Å². The normalized spacial score (nSPS) is 12.0. The second kappa shape index (κ2) is 8.91. The van der Waals surface area contributed by atoms with E-state index in [-0.39, 0.29) is 0 Å². The van der Waals surface area contributed by atoms with Gasteiger partial charge in [0.05, 0.1) is 18.2 Å². The molecule has 0 aromatic heterocycles. The summed E-state index contributed by atoms with van der Waals surface area (Å²) in [5.41, 5.74) is 1.12. The molecule has 2 nitrogen and oxygen atoms in total. The average Bonchev–Trinajstić information content (AvgIpc) is 2.44. The SMILES string of the molecule is C=CCC(C)c1cc(Cl)c(OCCC)cc1OCCC. The summed E-state index contributed by atoms with van der Waals surface area (Å²) >= 11 is 6.31. The highest BCUT2D eigenvalue weighted by molar-refractivity contribution is 6.32. The Morgan fingerprint density at radius 3 is 2.30 bits per heavy atom. The highest BCUT2D eigenvalue weighted by atomic mass is 35.5. The third-order valence-electron chi connectivity index (χ3n) is 3.04. The first-order valence-electron chi connectivity index (χ1n) is 7.33. The number of ether oxygens (including phenoxy) is 2. The van der Waals surface area contributed by atoms with Gasteiger partial charge in [-0.05, 0) is 36.8 Å². The monoisotopic (exact) mass is 296 g/mol. The molecule has 0 aliphatic heterocycles. The maximum Gasteiger partial charge on any atom is 0.141 e. The van der Waals surface area contributed by atoms with E-state index in [4.69, 9.17) is 21.1 Å². The van der Waals surface area contributed by atoms with Gasteiger partial charge in [-0.25, -0.2) is 0 Å². The van der Waals surface area contributed by atoms with Crippen molar-refractivity contribution in [2.75, 3.05) is 13.2 Å². The number of benzene rings is 1. The van der Waals surface area contributed by atoms with Crippen molar-refractivity contribution in [3.8, 4) is 11.5 Å². The Hall–Kier alpha value is -1.15. The molecular weight excluding hydrogens is 272 g/mol.